The number of pyridine rings is 1. The van der Waals surface area contributed by atoms with E-state index in [1.165, 1.54) is 5.69 Å². The fraction of sp³-hybridized carbons (Fsp3) is 0.615. The van der Waals surface area contributed by atoms with Gasteiger partial charge >= 0.3 is 0 Å². The number of aromatic nitrogens is 1. The van der Waals surface area contributed by atoms with E-state index >= 15 is 0 Å². The minimum Gasteiger partial charge on any atom is -0.367 e. The summed E-state index contributed by atoms with van der Waals surface area (Å²) < 4.78 is 0. The van der Waals surface area contributed by atoms with Crippen molar-refractivity contribution in [1.82, 2.24) is 4.98 Å². The van der Waals surface area contributed by atoms with Gasteiger partial charge in [-0.15, -0.1) is 0 Å². The third-order valence-electron chi connectivity index (χ3n) is 2.55. The molecule has 0 unspecified atom stereocenters. The Bertz CT molecular complexity index is 321. The van der Waals surface area contributed by atoms with Crippen LogP contribution in [0.4, 0.5) is 5.69 Å². The Morgan fingerprint density at radius 2 is 2.00 bits per heavy atom. The Morgan fingerprint density at radius 1 is 1.31 bits per heavy atom. The highest BCUT2D eigenvalue weighted by Gasteiger charge is 2.15. The molecule has 0 spiro atoms. The second-order valence-electron chi connectivity index (χ2n) is 4.81. The molecule has 16 heavy (non-hydrogen) atoms. The normalized spacial score (nSPS) is 11.2. The molecule has 1 aromatic heterocycles. The van der Waals surface area contributed by atoms with Gasteiger partial charge in [0.2, 0.25) is 0 Å². The number of nitrogens with zero attached hydrogens (tertiary/aromatic N) is 2. The zero-order valence-electron chi connectivity index (χ0n) is 10.8. The molecule has 0 aromatic carbocycles. The summed E-state index contributed by atoms with van der Waals surface area (Å²) in [6.07, 6.45) is 1.81. The predicted octanol–water partition coefficient (Wildman–Crippen LogP) is 2.41. The first-order valence-electron chi connectivity index (χ1n) is 5.96. The molecule has 0 fully saturated rings. The Hall–Kier alpha value is -1.09. The number of nitrogens with two attached hydrogens (primary N) is 1. The van der Waals surface area contributed by atoms with Crippen molar-refractivity contribution >= 4 is 5.69 Å². The van der Waals surface area contributed by atoms with Gasteiger partial charge in [0.1, 0.15) is 0 Å². The first-order chi connectivity index (χ1) is 7.56. The van der Waals surface area contributed by atoms with Crippen LogP contribution in [0.1, 0.15) is 33.4 Å². The van der Waals surface area contributed by atoms with Gasteiger partial charge in [0, 0.05) is 25.3 Å². The summed E-state index contributed by atoms with van der Waals surface area (Å²) in [6, 6.07) is 4.55. The van der Waals surface area contributed by atoms with E-state index in [1.54, 1.807) is 6.20 Å². The maximum atomic E-state index is 5.73. The molecule has 0 radical (unpaired) electrons. The lowest BCUT2D eigenvalue weighted by Gasteiger charge is -2.31. The Labute approximate surface area is 98.7 Å². The molecule has 0 saturated carbocycles. The molecule has 0 aliphatic heterocycles. The van der Waals surface area contributed by atoms with Crippen molar-refractivity contribution in [1.29, 1.82) is 0 Å². The van der Waals surface area contributed by atoms with Crippen molar-refractivity contribution < 1.29 is 0 Å². The number of hydrogen-bond donors (Lipinski definition) is 1. The van der Waals surface area contributed by atoms with Crippen molar-refractivity contribution in [2.45, 2.75) is 40.3 Å². The monoisotopic (exact) mass is 221 g/mol. The van der Waals surface area contributed by atoms with Gasteiger partial charge in [-0.2, -0.15) is 0 Å². The first kappa shape index (κ1) is 13.0. The van der Waals surface area contributed by atoms with Crippen LogP contribution in [-0.2, 0) is 6.54 Å². The van der Waals surface area contributed by atoms with E-state index in [9.17, 15) is 0 Å². The first-order valence-corrected chi connectivity index (χ1v) is 5.96. The van der Waals surface area contributed by atoms with Gasteiger partial charge in [-0.3, -0.25) is 4.98 Å². The van der Waals surface area contributed by atoms with Crippen LogP contribution in [0.25, 0.3) is 0 Å². The van der Waals surface area contributed by atoms with Crippen molar-refractivity contribution in [3.8, 4) is 0 Å². The lowest BCUT2D eigenvalue weighted by atomic mass is 10.1. The largest absolute Gasteiger partial charge is 0.367 e. The molecular weight excluding hydrogens is 198 g/mol. The lowest BCUT2D eigenvalue weighted by molar-refractivity contribution is 0.568. The van der Waals surface area contributed by atoms with Gasteiger partial charge in [-0.1, -0.05) is 13.8 Å². The van der Waals surface area contributed by atoms with Crippen LogP contribution in [0.5, 0.6) is 0 Å². The quantitative estimate of drug-likeness (QED) is 0.830. The van der Waals surface area contributed by atoms with Crippen LogP contribution in [0, 0.1) is 5.92 Å². The fourth-order valence-corrected chi connectivity index (χ4v) is 1.83. The molecule has 0 aliphatic rings. The topological polar surface area (TPSA) is 42.2 Å². The lowest BCUT2D eigenvalue weighted by Crippen LogP contribution is -2.35. The van der Waals surface area contributed by atoms with Crippen LogP contribution < -0.4 is 10.6 Å². The molecule has 90 valence electrons. The van der Waals surface area contributed by atoms with E-state index in [-0.39, 0.29) is 0 Å². The summed E-state index contributed by atoms with van der Waals surface area (Å²) in [7, 11) is 0. The molecule has 3 nitrogen and oxygen atoms in total. The third-order valence-corrected chi connectivity index (χ3v) is 2.55. The Morgan fingerprint density at radius 3 is 2.50 bits per heavy atom. The molecule has 0 atom stereocenters. The van der Waals surface area contributed by atoms with E-state index in [0.29, 0.717) is 18.5 Å². The molecule has 2 N–H and O–H groups in total. The van der Waals surface area contributed by atoms with Crippen molar-refractivity contribution in [2.24, 2.45) is 11.7 Å². The highest BCUT2D eigenvalue weighted by molar-refractivity contribution is 5.51. The van der Waals surface area contributed by atoms with Gasteiger partial charge in [-0.25, -0.2) is 0 Å². The van der Waals surface area contributed by atoms with Gasteiger partial charge in [0.15, 0.2) is 0 Å². The fourth-order valence-electron chi connectivity index (χ4n) is 1.83. The van der Waals surface area contributed by atoms with Gasteiger partial charge in [0.25, 0.3) is 0 Å². The van der Waals surface area contributed by atoms with E-state index in [2.05, 4.69) is 43.6 Å². The summed E-state index contributed by atoms with van der Waals surface area (Å²) in [6.45, 7) is 10.4. The van der Waals surface area contributed by atoms with Crippen LogP contribution in [0.2, 0.25) is 0 Å². The van der Waals surface area contributed by atoms with Gasteiger partial charge < -0.3 is 10.6 Å². The van der Waals surface area contributed by atoms with E-state index < -0.39 is 0 Å². The summed E-state index contributed by atoms with van der Waals surface area (Å²) in [4.78, 5) is 6.72. The molecule has 1 rings (SSSR count). The molecule has 3 heteroatoms. The second kappa shape index (κ2) is 5.85. The third kappa shape index (κ3) is 3.20. The number of rotatable bonds is 5. The van der Waals surface area contributed by atoms with E-state index in [1.807, 2.05) is 6.07 Å². The maximum Gasteiger partial charge on any atom is 0.0772 e. The minimum absolute atomic E-state index is 0.469. The maximum absolute atomic E-state index is 5.73. The van der Waals surface area contributed by atoms with Crippen LogP contribution >= 0.6 is 0 Å². The highest BCUT2D eigenvalue weighted by Crippen LogP contribution is 2.21. The molecule has 0 aliphatic carbocycles. The summed E-state index contributed by atoms with van der Waals surface area (Å²) in [5.41, 5.74) is 7.89. The summed E-state index contributed by atoms with van der Waals surface area (Å²) in [5, 5.41) is 0. The zero-order valence-corrected chi connectivity index (χ0v) is 10.8. The molecular formula is C13H23N3. The van der Waals surface area contributed by atoms with Crippen LogP contribution in [0.3, 0.4) is 0 Å². The van der Waals surface area contributed by atoms with Gasteiger partial charge in [-0.05, 0) is 31.9 Å². The Kier molecular flexibility index (Phi) is 4.74. The van der Waals surface area contributed by atoms with E-state index in [4.69, 9.17) is 5.73 Å². The number of hydrogen-bond acceptors (Lipinski definition) is 3. The molecule has 1 heterocycles. The molecule has 0 amide bonds. The highest BCUT2D eigenvalue weighted by atomic mass is 15.2. The second-order valence-corrected chi connectivity index (χ2v) is 4.81. The van der Waals surface area contributed by atoms with Crippen molar-refractivity contribution in [3.05, 3.63) is 24.0 Å². The number of anilines is 1. The average molecular weight is 221 g/mol. The Balaban J connectivity index is 3.00. The predicted molar refractivity (Wildman–Crippen MR) is 69.4 cm³/mol. The average Bonchev–Trinajstić information content (AvgIpc) is 2.25. The molecule has 1 aromatic rings. The smallest absolute Gasteiger partial charge is 0.0772 e. The molecule has 0 saturated heterocycles. The minimum atomic E-state index is 0.469. The van der Waals surface area contributed by atoms with Crippen LogP contribution in [0.15, 0.2) is 18.3 Å². The summed E-state index contributed by atoms with van der Waals surface area (Å²) in [5.74, 6) is 0.633. The SMILES string of the molecule is CC(C)CN(c1cccnc1CN)C(C)C. The summed E-state index contributed by atoms with van der Waals surface area (Å²) >= 11 is 0. The van der Waals surface area contributed by atoms with Crippen LogP contribution in [-0.4, -0.2) is 17.6 Å². The zero-order chi connectivity index (χ0) is 12.1. The van der Waals surface area contributed by atoms with Crippen molar-refractivity contribution in [2.75, 3.05) is 11.4 Å². The van der Waals surface area contributed by atoms with Gasteiger partial charge in [0.05, 0.1) is 11.4 Å². The van der Waals surface area contributed by atoms with Crippen molar-refractivity contribution in [3.63, 3.8) is 0 Å². The molecule has 0 bridgehead atoms. The van der Waals surface area contributed by atoms with E-state index in [0.717, 1.165) is 12.2 Å². The standard InChI is InChI=1S/C13H23N3/c1-10(2)9-16(11(3)4)13-6-5-7-15-12(13)8-14/h5-7,10-11H,8-9,14H2,1-4H3.